The van der Waals surface area contributed by atoms with Crippen LogP contribution in [0.25, 0.3) is 11.3 Å². The molecule has 5 nitrogen and oxygen atoms in total. The zero-order valence-electron chi connectivity index (χ0n) is 14.2. The summed E-state index contributed by atoms with van der Waals surface area (Å²) in [5, 5.41) is 12.7. The Balaban J connectivity index is 1.65. The van der Waals surface area contributed by atoms with Crippen molar-refractivity contribution in [3.05, 3.63) is 72.2 Å². The fraction of sp³-hybridized carbons (Fsp3) is 0.250. The molecule has 0 aliphatic rings. The third kappa shape index (κ3) is 4.47. The Labute approximate surface area is 147 Å². The first kappa shape index (κ1) is 17.2. The molecular formula is C20H22N2O3. The Morgan fingerprint density at radius 1 is 1.12 bits per heavy atom. The van der Waals surface area contributed by atoms with E-state index in [1.54, 1.807) is 13.3 Å². The van der Waals surface area contributed by atoms with Gasteiger partial charge in [0, 0.05) is 18.2 Å². The molecule has 0 saturated heterocycles. The summed E-state index contributed by atoms with van der Waals surface area (Å²) >= 11 is 0. The molecule has 3 rings (SSSR count). The van der Waals surface area contributed by atoms with E-state index in [1.165, 1.54) is 0 Å². The van der Waals surface area contributed by atoms with Gasteiger partial charge in [-0.05, 0) is 36.2 Å². The number of benzene rings is 2. The lowest BCUT2D eigenvalue weighted by Gasteiger charge is -2.17. The van der Waals surface area contributed by atoms with Crippen molar-refractivity contribution in [1.82, 2.24) is 10.3 Å². The number of hydrogen-bond donors (Lipinski definition) is 2. The zero-order valence-corrected chi connectivity index (χ0v) is 14.2. The number of methoxy groups -OCH3 is 1. The third-order valence-electron chi connectivity index (χ3n) is 4.05. The highest BCUT2D eigenvalue weighted by atomic mass is 16.5. The normalized spacial score (nSPS) is 12.1. The fourth-order valence-electron chi connectivity index (χ4n) is 2.69. The van der Waals surface area contributed by atoms with Crippen LogP contribution in [-0.2, 0) is 6.54 Å². The molecule has 0 radical (unpaired) electrons. The summed E-state index contributed by atoms with van der Waals surface area (Å²) in [6.45, 7) is 0.616. The van der Waals surface area contributed by atoms with Gasteiger partial charge < -0.3 is 19.6 Å². The van der Waals surface area contributed by atoms with E-state index in [1.807, 2.05) is 54.6 Å². The number of nitrogens with one attached hydrogen (secondary N) is 1. The Morgan fingerprint density at radius 3 is 2.56 bits per heavy atom. The average molecular weight is 338 g/mol. The third-order valence-corrected chi connectivity index (χ3v) is 4.05. The van der Waals surface area contributed by atoms with E-state index in [4.69, 9.17) is 9.15 Å². The summed E-state index contributed by atoms with van der Waals surface area (Å²) < 4.78 is 11.0. The monoisotopic (exact) mass is 338 g/mol. The molecule has 0 fully saturated rings. The molecule has 0 amide bonds. The molecule has 0 bridgehead atoms. The van der Waals surface area contributed by atoms with Gasteiger partial charge in [-0.3, -0.25) is 0 Å². The first-order valence-electron chi connectivity index (χ1n) is 8.28. The van der Waals surface area contributed by atoms with Crippen molar-refractivity contribution in [2.45, 2.75) is 19.0 Å². The van der Waals surface area contributed by atoms with Crippen LogP contribution in [0.15, 0.2) is 65.2 Å². The summed E-state index contributed by atoms with van der Waals surface area (Å²) in [6.07, 6.45) is 2.36. The summed E-state index contributed by atoms with van der Waals surface area (Å²) in [5.74, 6) is 2.14. The van der Waals surface area contributed by atoms with Gasteiger partial charge >= 0.3 is 0 Å². The largest absolute Gasteiger partial charge is 0.497 e. The number of ether oxygens (including phenoxy) is 1. The van der Waals surface area contributed by atoms with Gasteiger partial charge in [-0.15, -0.1) is 0 Å². The summed E-state index contributed by atoms with van der Waals surface area (Å²) in [5.41, 5.74) is 2.09. The standard InChI is InChI=1S/C20H22N2O3/c1-24-17-9-7-16(8-10-17)19-13-22-20(25-19)14-21-18(11-12-23)15-5-3-2-4-6-15/h2-10,13,18,21,23H,11-12,14H2,1H3. The van der Waals surface area contributed by atoms with Crippen molar-refractivity contribution in [1.29, 1.82) is 0 Å². The van der Waals surface area contributed by atoms with Crippen molar-refractivity contribution in [2.24, 2.45) is 0 Å². The van der Waals surface area contributed by atoms with E-state index < -0.39 is 0 Å². The quantitative estimate of drug-likeness (QED) is 0.657. The molecule has 0 saturated carbocycles. The Morgan fingerprint density at radius 2 is 1.88 bits per heavy atom. The number of aliphatic hydroxyl groups is 1. The van der Waals surface area contributed by atoms with E-state index in [-0.39, 0.29) is 12.6 Å². The van der Waals surface area contributed by atoms with Crippen LogP contribution in [0.2, 0.25) is 0 Å². The SMILES string of the molecule is COc1ccc(-c2cnc(CNC(CCO)c3ccccc3)o2)cc1. The lowest BCUT2D eigenvalue weighted by atomic mass is 10.0. The van der Waals surface area contributed by atoms with Crippen LogP contribution in [0.5, 0.6) is 5.75 Å². The topological polar surface area (TPSA) is 67.5 Å². The highest BCUT2D eigenvalue weighted by Crippen LogP contribution is 2.23. The van der Waals surface area contributed by atoms with Crippen LogP contribution < -0.4 is 10.1 Å². The minimum atomic E-state index is 0.0579. The van der Waals surface area contributed by atoms with Crippen LogP contribution in [0, 0.1) is 0 Å². The lowest BCUT2D eigenvalue weighted by molar-refractivity contribution is 0.263. The lowest BCUT2D eigenvalue weighted by Crippen LogP contribution is -2.22. The van der Waals surface area contributed by atoms with E-state index in [0.29, 0.717) is 18.9 Å². The van der Waals surface area contributed by atoms with Crippen LogP contribution in [0.3, 0.4) is 0 Å². The van der Waals surface area contributed by atoms with Gasteiger partial charge in [0.2, 0.25) is 5.89 Å². The molecule has 25 heavy (non-hydrogen) atoms. The van der Waals surface area contributed by atoms with Crippen molar-refractivity contribution in [3.63, 3.8) is 0 Å². The molecule has 1 aromatic heterocycles. The minimum absolute atomic E-state index is 0.0579. The number of aliphatic hydroxyl groups excluding tert-OH is 1. The first-order valence-corrected chi connectivity index (χ1v) is 8.28. The highest BCUT2D eigenvalue weighted by Gasteiger charge is 2.12. The molecule has 0 aliphatic heterocycles. The van der Waals surface area contributed by atoms with Gasteiger partial charge in [-0.2, -0.15) is 0 Å². The maximum Gasteiger partial charge on any atom is 0.208 e. The van der Waals surface area contributed by atoms with E-state index in [2.05, 4.69) is 10.3 Å². The van der Waals surface area contributed by atoms with Gasteiger partial charge in [0.15, 0.2) is 5.76 Å². The maximum atomic E-state index is 9.30. The van der Waals surface area contributed by atoms with E-state index in [0.717, 1.165) is 22.6 Å². The maximum absolute atomic E-state index is 9.30. The second-order valence-corrected chi connectivity index (χ2v) is 5.70. The van der Waals surface area contributed by atoms with E-state index >= 15 is 0 Å². The minimum Gasteiger partial charge on any atom is -0.497 e. The van der Waals surface area contributed by atoms with Crippen LogP contribution in [0.4, 0.5) is 0 Å². The van der Waals surface area contributed by atoms with Crippen LogP contribution in [0.1, 0.15) is 23.9 Å². The molecular weight excluding hydrogens is 316 g/mol. The molecule has 1 unspecified atom stereocenters. The smallest absolute Gasteiger partial charge is 0.208 e. The number of oxazole rings is 1. The molecule has 1 atom stereocenters. The number of nitrogens with zero attached hydrogens (tertiary/aromatic N) is 1. The van der Waals surface area contributed by atoms with Gasteiger partial charge in [0.05, 0.1) is 19.9 Å². The zero-order chi connectivity index (χ0) is 17.5. The number of rotatable bonds is 8. The molecule has 3 aromatic rings. The summed E-state index contributed by atoms with van der Waals surface area (Å²) in [6, 6.07) is 17.8. The Hall–Kier alpha value is -2.63. The molecule has 5 heteroatoms. The average Bonchev–Trinajstić information content (AvgIpc) is 3.15. The fourth-order valence-corrected chi connectivity index (χ4v) is 2.69. The van der Waals surface area contributed by atoms with Gasteiger partial charge in [0.25, 0.3) is 0 Å². The van der Waals surface area contributed by atoms with Gasteiger partial charge in [0.1, 0.15) is 5.75 Å². The predicted molar refractivity (Wildman–Crippen MR) is 96.2 cm³/mol. The molecule has 2 N–H and O–H groups in total. The van der Waals surface area contributed by atoms with Crippen molar-refractivity contribution in [2.75, 3.05) is 13.7 Å². The molecule has 0 spiro atoms. The van der Waals surface area contributed by atoms with Gasteiger partial charge in [-0.25, -0.2) is 4.98 Å². The Kier molecular flexibility index (Phi) is 5.82. The van der Waals surface area contributed by atoms with E-state index in [9.17, 15) is 5.11 Å². The summed E-state index contributed by atoms with van der Waals surface area (Å²) in [4.78, 5) is 4.34. The molecule has 0 aliphatic carbocycles. The van der Waals surface area contributed by atoms with Gasteiger partial charge in [-0.1, -0.05) is 30.3 Å². The number of aromatic nitrogens is 1. The molecule has 1 heterocycles. The Bertz CT molecular complexity index is 769. The van der Waals surface area contributed by atoms with Crippen molar-refractivity contribution in [3.8, 4) is 17.1 Å². The second-order valence-electron chi connectivity index (χ2n) is 5.70. The van der Waals surface area contributed by atoms with Crippen molar-refractivity contribution < 1.29 is 14.3 Å². The van der Waals surface area contributed by atoms with Crippen molar-refractivity contribution >= 4 is 0 Å². The first-order chi connectivity index (χ1) is 12.3. The second kappa shape index (κ2) is 8.46. The molecule has 2 aromatic carbocycles. The van der Waals surface area contributed by atoms with Crippen LogP contribution >= 0.6 is 0 Å². The molecule has 130 valence electrons. The highest BCUT2D eigenvalue weighted by molar-refractivity contribution is 5.57. The summed E-state index contributed by atoms with van der Waals surface area (Å²) in [7, 11) is 1.64. The van der Waals surface area contributed by atoms with Crippen LogP contribution in [-0.4, -0.2) is 23.8 Å². The number of hydrogen-bond acceptors (Lipinski definition) is 5. The predicted octanol–water partition coefficient (Wildman–Crippen LogP) is 3.56.